The lowest BCUT2D eigenvalue weighted by atomic mass is 9.90. The first-order valence-corrected chi connectivity index (χ1v) is 16.3. The number of rotatable bonds is 0. The fraction of sp³-hybridized carbons (Fsp3) is 0.500. The molecule has 0 aliphatic heterocycles. The van der Waals surface area contributed by atoms with Crippen LogP contribution in [0.5, 0.6) is 0 Å². The first kappa shape index (κ1) is 39.7. The summed E-state index contributed by atoms with van der Waals surface area (Å²) >= 11 is 0. The number of nitrogens with zero attached hydrogens (tertiary/aromatic N) is 3. The Kier molecular flexibility index (Phi) is 14.4. The SMILES string of the molecule is Cc1c(C)c(C)c(C)c(C)c1C.Cc1nc(C)c(C)c(C)c1C.Cc1nc(C)c(C)c(C)c1C.Cc1nc(C)c(C)c(C)c1C. The Morgan fingerprint density at radius 3 is 0.356 bits per heavy atom. The van der Waals surface area contributed by atoms with Crippen molar-refractivity contribution in [2.45, 2.75) is 145 Å². The highest BCUT2D eigenvalue weighted by atomic mass is 14.7. The second-order valence-corrected chi connectivity index (χ2v) is 13.2. The van der Waals surface area contributed by atoms with E-state index >= 15 is 0 Å². The van der Waals surface area contributed by atoms with Crippen molar-refractivity contribution in [1.29, 1.82) is 0 Å². The van der Waals surface area contributed by atoms with Gasteiger partial charge in [-0.15, -0.1) is 0 Å². The first-order valence-electron chi connectivity index (χ1n) is 16.3. The largest absolute Gasteiger partial charge is 0.258 e. The number of hydrogen-bond donors (Lipinski definition) is 0. The number of pyridine rings is 3. The van der Waals surface area contributed by atoms with Crippen molar-refractivity contribution in [3.8, 4) is 0 Å². The van der Waals surface area contributed by atoms with Gasteiger partial charge in [0.15, 0.2) is 0 Å². The molecule has 0 bridgehead atoms. The predicted molar refractivity (Wildman–Crippen MR) is 199 cm³/mol. The fourth-order valence-corrected chi connectivity index (χ4v) is 5.42. The topological polar surface area (TPSA) is 38.7 Å². The van der Waals surface area contributed by atoms with Gasteiger partial charge in [0.05, 0.1) is 0 Å². The molecule has 0 fully saturated rings. The molecule has 3 heteroatoms. The van der Waals surface area contributed by atoms with Crippen LogP contribution in [0.3, 0.4) is 0 Å². The van der Waals surface area contributed by atoms with Crippen molar-refractivity contribution in [2.75, 3.05) is 0 Å². The summed E-state index contributed by atoms with van der Waals surface area (Å²) in [6, 6.07) is 0. The summed E-state index contributed by atoms with van der Waals surface area (Å²) in [7, 11) is 0. The lowest BCUT2D eigenvalue weighted by Crippen LogP contribution is -1.98. The van der Waals surface area contributed by atoms with Gasteiger partial charge in [0.1, 0.15) is 0 Å². The van der Waals surface area contributed by atoms with E-state index in [2.05, 4.69) is 160 Å². The van der Waals surface area contributed by atoms with Crippen LogP contribution in [0.25, 0.3) is 0 Å². The van der Waals surface area contributed by atoms with Crippen LogP contribution in [-0.2, 0) is 0 Å². The number of aryl methyl sites for hydroxylation is 6. The maximum atomic E-state index is 4.43. The summed E-state index contributed by atoms with van der Waals surface area (Å²) in [6.45, 7) is 44.9. The van der Waals surface area contributed by atoms with Crippen LogP contribution in [0, 0.1) is 145 Å². The Morgan fingerprint density at radius 2 is 0.244 bits per heavy atom. The molecule has 45 heavy (non-hydrogen) atoms. The highest BCUT2D eigenvalue weighted by Crippen LogP contribution is 2.25. The minimum Gasteiger partial charge on any atom is -0.258 e. The Labute approximate surface area is 277 Å². The molecule has 0 atom stereocenters. The van der Waals surface area contributed by atoms with Gasteiger partial charge in [0, 0.05) is 34.2 Å². The van der Waals surface area contributed by atoms with E-state index < -0.39 is 0 Å². The van der Waals surface area contributed by atoms with Crippen molar-refractivity contribution in [2.24, 2.45) is 0 Å². The van der Waals surface area contributed by atoms with E-state index in [4.69, 9.17) is 0 Å². The van der Waals surface area contributed by atoms with Crippen molar-refractivity contribution in [3.63, 3.8) is 0 Å². The summed E-state index contributed by atoms with van der Waals surface area (Å²) in [5.74, 6) is 0. The molecule has 0 aliphatic rings. The van der Waals surface area contributed by atoms with Crippen molar-refractivity contribution < 1.29 is 0 Å². The molecule has 4 aromatic rings. The summed E-state index contributed by atoms with van der Waals surface area (Å²) in [4.78, 5) is 13.3. The van der Waals surface area contributed by atoms with E-state index in [1.807, 2.05) is 0 Å². The van der Waals surface area contributed by atoms with Gasteiger partial charge < -0.3 is 0 Å². The molecule has 246 valence electrons. The van der Waals surface area contributed by atoms with Crippen LogP contribution in [-0.4, -0.2) is 15.0 Å². The van der Waals surface area contributed by atoms with Gasteiger partial charge in [-0.05, 0) is 229 Å². The van der Waals surface area contributed by atoms with E-state index in [9.17, 15) is 0 Å². The summed E-state index contributed by atoms with van der Waals surface area (Å²) in [5.41, 5.74) is 27.8. The minimum atomic E-state index is 1.16. The summed E-state index contributed by atoms with van der Waals surface area (Å²) in [6.07, 6.45) is 0. The molecule has 0 radical (unpaired) electrons. The lowest BCUT2D eigenvalue weighted by Gasteiger charge is -2.15. The maximum Gasteiger partial charge on any atom is 0.0407 e. The lowest BCUT2D eigenvalue weighted by molar-refractivity contribution is 1.03. The maximum absolute atomic E-state index is 4.43. The van der Waals surface area contributed by atoms with Crippen LogP contribution in [0.4, 0.5) is 0 Å². The molecular formula is C42H63N3. The van der Waals surface area contributed by atoms with Crippen LogP contribution in [0.2, 0.25) is 0 Å². The molecule has 4 rings (SSSR count). The third-order valence-corrected chi connectivity index (χ3v) is 11.0. The molecule has 0 N–H and O–H groups in total. The van der Waals surface area contributed by atoms with Crippen LogP contribution in [0.15, 0.2) is 0 Å². The molecule has 1 aromatic carbocycles. The normalized spacial score (nSPS) is 10.3. The van der Waals surface area contributed by atoms with Gasteiger partial charge in [0.2, 0.25) is 0 Å². The highest BCUT2D eigenvalue weighted by Gasteiger charge is 2.08. The van der Waals surface area contributed by atoms with Gasteiger partial charge in [-0.3, -0.25) is 15.0 Å². The van der Waals surface area contributed by atoms with Crippen LogP contribution >= 0.6 is 0 Å². The quantitative estimate of drug-likeness (QED) is 0.199. The zero-order valence-electron chi connectivity index (χ0n) is 32.8. The summed E-state index contributed by atoms with van der Waals surface area (Å²) < 4.78 is 0. The standard InChI is InChI=1S/C12H18.3C10H15N/c1-7-8(2)10(4)12(6)11(5)9(7)3;3*1-6-7(2)9(4)11-10(5)8(6)3/h1-6H3;3*1-5H3. The molecule has 0 saturated heterocycles. The molecule has 0 amide bonds. The zero-order valence-corrected chi connectivity index (χ0v) is 32.8. The van der Waals surface area contributed by atoms with Crippen molar-refractivity contribution in [1.82, 2.24) is 15.0 Å². The second kappa shape index (κ2) is 16.3. The first-order chi connectivity index (χ1) is 20.6. The van der Waals surface area contributed by atoms with E-state index in [0.29, 0.717) is 0 Å². The third-order valence-electron chi connectivity index (χ3n) is 11.0. The van der Waals surface area contributed by atoms with Crippen molar-refractivity contribution in [3.05, 3.63) is 118 Å². The number of benzene rings is 1. The Balaban J connectivity index is 0.000000300. The minimum absolute atomic E-state index is 1.16. The van der Waals surface area contributed by atoms with Gasteiger partial charge in [0.25, 0.3) is 0 Å². The average molecular weight is 610 g/mol. The van der Waals surface area contributed by atoms with E-state index in [0.717, 1.165) is 34.2 Å². The number of hydrogen-bond acceptors (Lipinski definition) is 3. The second-order valence-electron chi connectivity index (χ2n) is 13.2. The van der Waals surface area contributed by atoms with E-state index in [1.54, 1.807) is 0 Å². The van der Waals surface area contributed by atoms with Gasteiger partial charge >= 0.3 is 0 Å². The molecule has 0 unspecified atom stereocenters. The van der Waals surface area contributed by atoms with Crippen LogP contribution in [0.1, 0.15) is 118 Å². The van der Waals surface area contributed by atoms with E-state index in [1.165, 1.54) is 83.5 Å². The molecule has 3 nitrogen and oxygen atoms in total. The fourth-order valence-electron chi connectivity index (χ4n) is 5.42. The van der Waals surface area contributed by atoms with Gasteiger partial charge in [-0.25, -0.2) is 0 Å². The van der Waals surface area contributed by atoms with Crippen LogP contribution < -0.4 is 0 Å². The highest BCUT2D eigenvalue weighted by molar-refractivity contribution is 5.48. The Morgan fingerprint density at radius 1 is 0.156 bits per heavy atom. The Hall–Kier alpha value is -3.33. The van der Waals surface area contributed by atoms with Gasteiger partial charge in [-0.1, -0.05) is 0 Å². The third kappa shape index (κ3) is 9.35. The molecule has 0 saturated carbocycles. The van der Waals surface area contributed by atoms with Crippen molar-refractivity contribution >= 4 is 0 Å². The molecule has 0 spiro atoms. The molecule has 0 aliphatic carbocycles. The molecular weight excluding hydrogens is 546 g/mol. The zero-order chi connectivity index (χ0) is 35.2. The number of aromatic nitrogens is 3. The van der Waals surface area contributed by atoms with E-state index in [-0.39, 0.29) is 0 Å². The molecule has 3 aromatic heterocycles. The van der Waals surface area contributed by atoms with Gasteiger partial charge in [-0.2, -0.15) is 0 Å². The smallest absolute Gasteiger partial charge is 0.0407 e. The Bertz CT molecular complexity index is 1360. The molecule has 3 heterocycles. The average Bonchev–Trinajstić information content (AvgIpc) is 3.00. The predicted octanol–water partition coefficient (Wildman–Crippen LogP) is 11.4. The summed E-state index contributed by atoms with van der Waals surface area (Å²) in [5, 5.41) is 0. The monoisotopic (exact) mass is 610 g/mol.